The lowest BCUT2D eigenvalue weighted by Crippen LogP contribution is -2.04. The molecule has 0 aromatic heterocycles. The van der Waals surface area contributed by atoms with Gasteiger partial charge in [0.25, 0.3) is 0 Å². The molecule has 0 fully saturated rings. The number of hydrogen-bond acceptors (Lipinski definition) is 4. The quantitative estimate of drug-likeness (QED) is 0.677. The number of benzene rings is 1. The number of amides is 2. The maximum Gasteiger partial charge on any atom is 0.356 e. The van der Waals surface area contributed by atoms with Gasteiger partial charge in [0.1, 0.15) is 5.69 Å². The average molecular weight is 237 g/mol. The molecule has 17 heavy (non-hydrogen) atoms. The fraction of sp³-hybridized carbons (Fsp3) is 0. The zero-order valence-corrected chi connectivity index (χ0v) is 8.32. The number of nitrogens with two attached hydrogens (primary N) is 1. The van der Waals surface area contributed by atoms with Crippen LogP contribution in [0, 0.1) is 0 Å². The van der Waals surface area contributed by atoms with Crippen LogP contribution in [0.3, 0.4) is 0 Å². The maximum atomic E-state index is 10.8. The largest absolute Gasteiger partial charge is 0.478 e. The predicted octanol–water partition coefficient (Wildman–Crippen LogP) is 1.25. The molecule has 4 N–H and O–H groups in total. The lowest BCUT2D eigenvalue weighted by Gasteiger charge is -2.01. The smallest absolute Gasteiger partial charge is 0.356 e. The minimum atomic E-state index is -1.38. The summed E-state index contributed by atoms with van der Waals surface area (Å²) >= 11 is 0. The fourth-order valence-electron chi connectivity index (χ4n) is 1.03. The van der Waals surface area contributed by atoms with Crippen LogP contribution in [0.4, 0.5) is 10.5 Å². The van der Waals surface area contributed by atoms with Crippen LogP contribution in [-0.4, -0.2) is 28.2 Å². The van der Waals surface area contributed by atoms with E-state index in [2.05, 4.69) is 10.2 Å². The van der Waals surface area contributed by atoms with E-state index in [-0.39, 0.29) is 16.8 Å². The number of carbonyl (C=O) groups excluding carboxylic acids is 1. The van der Waals surface area contributed by atoms with E-state index in [4.69, 9.17) is 15.9 Å². The van der Waals surface area contributed by atoms with Gasteiger partial charge in [-0.15, -0.1) is 5.11 Å². The normalized spacial score (nSPS) is 10.4. The van der Waals surface area contributed by atoms with Crippen LogP contribution in [-0.2, 0) is 0 Å². The third-order valence-electron chi connectivity index (χ3n) is 1.73. The van der Waals surface area contributed by atoms with Gasteiger partial charge in [-0.3, -0.25) is 0 Å². The SMILES string of the molecule is NC(=O)/N=N/c1ccc(C(=O)O)cc1C(=O)O. The van der Waals surface area contributed by atoms with Crippen LogP contribution in [0.5, 0.6) is 0 Å². The summed E-state index contributed by atoms with van der Waals surface area (Å²) in [6.45, 7) is 0. The molecule has 0 bridgehead atoms. The Balaban J connectivity index is 3.27. The number of aromatic carboxylic acids is 2. The van der Waals surface area contributed by atoms with Crippen molar-refractivity contribution in [2.45, 2.75) is 0 Å². The molecule has 8 nitrogen and oxygen atoms in total. The van der Waals surface area contributed by atoms with E-state index in [0.29, 0.717) is 0 Å². The molecule has 0 aliphatic heterocycles. The molecule has 0 aliphatic carbocycles. The molecule has 1 aromatic rings. The number of azo groups is 1. The highest BCUT2D eigenvalue weighted by Gasteiger charge is 2.13. The van der Waals surface area contributed by atoms with Crippen molar-refractivity contribution in [1.29, 1.82) is 0 Å². The number of primary amides is 1. The molecule has 0 aliphatic rings. The molecule has 1 rings (SSSR count). The molecule has 0 radical (unpaired) electrons. The van der Waals surface area contributed by atoms with Crippen molar-refractivity contribution < 1.29 is 24.6 Å². The van der Waals surface area contributed by atoms with Crippen LogP contribution in [0.2, 0.25) is 0 Å². The molecule has 88 valence electrons. The Hall–Kier alpha value is -2.77. The minimum Gasteiger partial charge on any atom is -0.478 e. The predicted molar refractivity (Wildman–Crippen MR) is 54.5 cm³/mol. The molecule has 0 heterocycles. The monoisotopic (exact) mass is 237 g/mol. The first-order valence-electron chi connectivity index (χ1n) is 4.23. The van der Waals surface area contributed by atoms with Gasteiger partial charge in [0, 0.05) is 0 Å². The number of carboxylic acid groups (broad SMARTS) is 2. The van der Waals surface area contributed by atoms with Crippen LogP contribution < -0.4 is 5.73 Å². The third-order valence-corrected chi connectivity index (χ3v) is 1.73. The van der Waals surface area contributed by atoms with Crippen LogP contribution >= 0.6 is 0 Å². The van der Waals surface area contributed by atoms with Gasteiger partial charge in [0.15, 0.2) is 0 Å². The van der Waals surface area contributed by atoms with Gasteiger partial charge in [0.2, 0.25) is 0 Å². The summed E-state index contributed by atoms with van der Waals surface area (Å²) in [6, 6.07) is 2.10. The van der Waals surface area contributed by atoms with E-state index in [0.717, 1.165) is 18.2 Å². The van der Waals surface area contributed by atoms with Crippen LogP contribution in [0.25, 0.3) is 0 Å². The first-order valence-corrected chi connectivity index (χ1v) is 4.23. The molecule has 0 atom stereocenters. The summed E-state index contributed by atoms with van der Waals surface area (Å²) in [4.78, 5) is 31.8. The highest BCUT2D eigenvalue weighted by Crippen LogP contribution is 2.21. The van der Waals surface area contributed by atoms with Gasteiger partial charge in [-0.2, -0.15) is 0 Å². The molecule has 0 spiro atoms. The zero-order valence-electron chi connectivity index (χ0n) is 8.32. The molecular weight excluding hydrogens is 230 g/mol. The summed E-state index contributed by atoms with van der Waals surface area (Å²) in [5.41, 5.74) is 3.96. The number of hydrogen-bond donors (Lipinski definition) is 3. The molecule has 2 amide bonds. The first kappa shape index (κ1) is 12.3. The highest BCUT2D eigenvalue weighted by molar-refractivity contribution is 5.97. The Morgan fingerprint density at radius 2 is 1.76 bits per heavy atom. The Morgan fingerprint density at radius 1 is 1.12 bits per heavy atom. The summed E-state index contributed by atoms with van der Waals surface area (Å²) in [7, 11) is 0. The van der Waals surface area contributed by atoms with Crippen molar-refractivity contribution in [1.82, 2.24) is 0 Å². The molecule has 0 saturated carbocycles. The lowest BCUT2D eigenvalue weighted by molar-refractivity contribution is 0.0696. The van der Waals surface area contributed by atoms with Gasteiger partial charge in [-0.1, -0.05) is 5.11 Å². The molecular formula is C9H7N3O5. The zero-order chi connectivity index (χ0) is 13.0. The van der Waals surface area contributed by atoms with Gasteiger partial charge >= 0.3 is 18.0 Å². The fourth-order valence-corrected chi connectivity index (χ4v) is 1.03. The van der Waals surface area contributed by atoms with Crippen molar-refractivity contribution >= 4 is 23.7 Å². The summed E-state index contributed by atoms with van der Waals surface area (Å²) in [5, 5.41) is 23.8. The third kappa shape index (κ3) is 3.09. The van der Waals surface area contributed by atoms with Crippen molar-refractivity contribution in [2.24, 2.45) is 16.0 Å². The topological polar surface area (TPSA) is 142 Å². The second-order valence-corrected chi connectivity index (χ2v) is 2.88. The van der Waals surface area contributed by atoms with E-state index >= 15 is 0 Å². The lowest BCUT2D eigenvalue weighted by atomic mass is 10.1. The summed E-state index contributed by atoms with van der Waals surface area (Å²) in [5.74, 6) is -2.66. The Kier molecular flexibility index (Phi) is 3.50. The Labute approximate surface area is 94.4 Å². The Bertz CT molecular complexity index is 523. The highest BCUT2D eigenvalue weighted by atomic mass is 16.4. The first-order chi connectivity index (χ1) is 7.91. The van der Waals surface area contributed by atoms with Crippen molar-refractivity contribution in [2.75, 3.05) is 0 Å². The summed E-state index contributed by atoms with van der Waals surface area (Å²) < 4.78 is 0. The van der Waals surface area contributed by atoms with E-state index < -0.39 is 18.0 Å². The number of carbonyl (C=O) groups is 3. The molecule has 8 heteroatoms. The van der Waals surface area contributed by atoms with E-state index in [1.807, 2.05) is 0 Å². The van der Waals surface area contributed by atoms with Gasteiger partial charge in [0.05, 0.1) is 11.1 Å². The number of rotatable bonds is 3. The average Bonchev–Trinajstić information content (AvgIpc) is 2.25. The second-order valence-electron chi connectivity index (χ2n) is 2.88. The number of nitrogens with zero attached hydrogens (tertiary/aromatic N) is 2. The molecule has 0 saturated heterocycles. The standard InChI is InChI=1S/C9H7N3O5/c10-9(17)12-11-6-2-1-4(7(13)14)3-5(6)8(15)16/h1-3H,(H2,10,17)(H,13,14)(H,15,16)/b12-11+. The van der Waals surface area contributed by atoms with Crippen LogP contribution in [0.15, 0.2) is 28.4 Å². The van der Waals surface area contributed by atoms with Crippen molar-refractivity contribution in [3.05, 3.63) is 29.3 Å². The van der Waals surface area contributed by atoms with Gasteiger partial charge in [-0.05, 0) is 18.2 Å². The van der Waals surface area contributed by atoms with E-state index in [1.54, 1.807) is 0 Å². The molecule has 0 unspecified atom stereocenters. The number of carboxylic acids is 2. The van der Waals surface area contributed by atoms with Crippen molar-refractivity contribution in [3.63, 3.8) is 0 Å². The van der Waals surface area contributed by atoms with Crippen LogP contribution in [0.1, 0.15) is 20.7 Å². The van der Waals surface area contributed by atoms with Crippen molar-refractivity contribution in [3.8, 4) is 0 Å². The minimum absolute atomic E-state index is 0.152. The van der Waals surface area contributed by atoms with E-state index in [9.17, 15) is 14.4 Å². The Morgan fingerprint density at radius 3 is 2.24 bits per heavy atom. The summed E-state index contributed by atoms with van der Waals surface area (Å²) in [6.07, 6.45) is 0. The second kappa shape index (κ2) is 4.84. The molecule has 1 aromatic carbocycles. The van der Waals surface area contributed by atoms with Gasteiger partial charge in [-0.25, -0.2) is 14.4 Å². The number of urea groups is 1. The van der Waals surface area contributed by atoms with E-state index in [1.165, 1.54) is 0 Å². The van der Waals surface area contributed by atoms with Gasteiger partial charge < -0.3 is 15.9 Å². The maximum absolute atomic E-state index is 10.8.